The van der Waals surface area contributed by atoms with Crippen LogP contribution in [0.3, 0.4) is 0 Å². The Morgan fingerprint density at radius 1 is 0.614 bits per heavy atom. The number of nitrogens with zero attached hydrogens (tertiary/aromatic N) is 2. The zero-order valence-electron chi connectivity index (χ0n) is 23.7. The number of imide groups is 2. The van der Waals surface area contributed by atoms with Gasteiger partial charge in [-0.05, 0) is 63.0 Å². The summed E-state index contributed by atoms with van der Waals surface area (Å²) in [6.45, 7) is 3.37. The Morgan fingerprint density at radius 3 is 1.14 bits per heavy atom. The molecule has 0 bridgehead atoms. The maximum Gasteiger partial charge on any atom is 0.335 e. The molecule has 14 nitrogen and oxygen atoms in total. The number of benzene rings is 2. The lowest BCUT2D eigenvalue weighted by Gasteiger charge is -2.29. The smallest absolute Gasteiger partial charge is 0.335 e. The summed E-state index contributed by atoms with van der Waals surface area (Å²) in [6.07, 6.45) is -0.706. The third-order valence-corrected chi connectivity index (χ3v) is 7.73. The van der Waals surface area contributed by atoms with Gasteiger partial charge in [0, 0.05) is 13.1 Å². The molecule has 6 N–H and O–H groups in total. The molecule has 0 aliphatic carbocycles. The summed E-state index contributed by atoms with van der Waals surface area (Å²) in [7, 11) is 0. The standard InChI is InChI=1S/2C13H14N2O2.C4H6O6/c2*16-12-10-5-1-2-6-11(10)13(17)15(12)9-4-3-7-14-8-9;5-1(3(7)8)2(6)4(9)10/h2*1-2,5-6,9,14H,3-4,7-8H2;1-2,5-6H,(H,7,8)(H,9,10)/t9-;;1-,2-/m1.0/s1. The molecule has 234 valence electrons. The van der Waals surface area contributed by atoms with Crippen molar-refractivity contribution in [3.8, 4) is 0 Å². The summed E-state index contributed by atoms with van der Waals surface area (Å²) < 4.78 is 0. The fraction of sp³-hybridized carbons (Fsp3) is 0.400. The third-order valence-electron chi connectivity index (χ3n) is 7.73. The van der Waals surface area contributed by atoms with E-state index in [9.17, 15) is 28.8 Å². The van der Waals surface area contributed by atoms with E-state index in [-0.39, 0.29) is 35.7 Å². The predicted octanol–water partition coefficient (Wildman–Crippen LogP) is -0.0534. The van der Waals surface area contributed by atoms with Crippen LogP contribution in [0, 0.1) is 0 Å². The Bertz CT molecular complexity index is 1260. The molecule has 4 atom stereocenters. The van der Waals surface area contributed by atoms with Gasteiger partial charge in [0.05, 0.1) is 34.3 Å². The van der Waals surface area contributed by atoms with Crippen molar-refractivity contribution in [1.82, 2.24) is 20.4 Å². The lowest BCUT2D eigenvalue weighted by molar-refractivity contribution is -0.165. The molecular weight excluding hydrogens is 576 g/mol. The molecule has 2 aromatic carbocycles. The van der Waals surface area contributed by atoms with E-state index in [4.69, 9.17) is 20.4 Å². The molecule has 0 aromatic heterocycles. The van der Waals surface area contributed by atoms with Crippen LogP contribution >= 0.6 is 0 Å². The quantitative estimate of drug-likeness (QED) is 0.246. The number of aliphatic carboxylic acids is 2. The summed E-state index contributed by atoms with van der Waals surface area (Å²) in [5, 5.41) is 39.0. The fourth-order valence-electron chi connectivity index (χ4n) is 5.46. The number of piperidine rings is 2. The van der Waals surface area contributed by atoms with Crippen LogP contribution in [0.25, 0.3) is 0 Å². The number of nitrogens with one attached hydrogen (secondary N) is 2. The molecule has 0 radical (unpaired) electrons. The summed E-state index contributed by atoms with van der Waals surface area (Å²) in [6, 6.07) is 14.1. The van der Waals surface area contributed by atoms with Crippen molar-refractivity contribution in [2.24, 2.45) is 0 Å². The second kappa shape index (κ2) is 14.3. The van der Waals surface area contributed by atoms with Crippen LogP contribution in [-0.4, -0.2) is 116 Å². The first-order valence-corrected chi connectivity index (χ1v) is 14.2. The zero-order valence-corrected chi connectivity index (χ0v) is 23.7. The number of aliphatic hydroxyl groups is 2. The van der Waals surface area contributed by atoms with Gasteiger partial charge in [-0.25, -0.2) is 9.59 Å². The van der Waals surface area contributed by atoms with E-state index < -0.39 is 24.1 Å². The lowest BCUT2D eigenvalue weighted by Crippen LogP contribution is -2.48. The number of carboxylic acids is 2. The number of amides is 4. The SMILES string of the molecule is O=C(O)[C@@H](O)[C@H](O)C(=O)O.O=C1c2ccccc2C(=O)N1C1CCCNC1.O=C1c2ccccc2C(=O)N1[C@@H]1CCCNC1. The molecule has 44 heavy (non-hydrogen) atoms. The Hall–Kier alpha value is -4.50. The van der Waals surface area contributed by atoms with Crippen molar-refractivity contribution in [3.63, 3.8) is 0 Å². The molecule has 14 heteroatoms. The van der Waals surface area contributed by atoms with Crippen LogP contribution in [0.1, 0.15) is 67.1 Å². The highest BCUT2D eigenvalue weighted by molar-refractivity contribution is 6.22. The highest BCUT2D eigenvalue weighted by Crippen LogP contribution is 2.27. The zero-order chi connectivity index (χ0) is 32.0. The van der Waals surface area contributed by atoms with Crippen LogP contribution in [0.5, 0.6) is 0 Å². The maximum atomic E-state index is 12.2. The van der Waals surface area contributed by atoms with Crippen LogP contribution in [0.15, 0.2) is 48.5 Å². The molecular formula is C30H34N4O10. The second-order valence-electron chi connectivity index (χ2n) is 10.6. The maximum absolute atomic E-state index is 12.2. The van der Waals surface area contributed by atoms with Gasteiger partial charge in [-0.2, -0.15) is 0 Å². The minimum absolute atomic E-state index is 0.0103. The number of fused-ring (bicyclic) bond motifs is 2. The first-order chi connectivity index (χ1) is 21.0. The number of carbonyl (C=O) groups excluding carboxylic acids is 4. The molecule has 1 unspecified atom stereocenters. The Balaban J connectivity index is 0.000000157. The molecule has 2 aromatic rings. The van der Waals surface area contributed by atoms with Crippen molar-refractivity contribution in [3.05, 3.63) is 70.8 Å². The molecule has 2 saturated heterocycles. The van der Waals surface area contributed by atoms with Gasteiger partial charge in [-0.15, -0.1) is 0 Å². The van der Waals surface area contributed by atoms with Crippen LogP contribution in [0.2, 0.25) is 0 Å². The van der Waals surface area contributed by atoms with E-state index in [0.717, 1.165) is 38.8 Å². The van der Waals surface area contributed by atoms with E-state index in [2.05, 4.69) is 10.6 Å². The number of hydrogen-bond donors (Lipinski definition) is 6. The molecule has 2 fully saturated rings. The van der Waals surface area contributed by atoms with Crippen molar-refractivity contribution >= 4 is 35.6 Å². The minimum atomic E-state index is -2.27. The van der Waals surface area contributed by atoms with Crippen molar-refractivity contribution < 1.29 is 49.2 Å². The van der Waals surface area contributed by atoms with Crippen LogP contribution in [0.4, 0.5) is 0 Å². The molecule has 4 amide bonds. The fourth-order valence-corrected chi connectivity index (χ4v) is 5.46. The number of rotatable bonds is 5. The molecule has 6 rings (SSSR count). The summed E-state index contributed by atoms with van der Waals surface area (Å²) in [5.41, 5.74) is 2.18. The van der Waals surface area contributed by atoms with E-state index in [1.165, 1.54) is 9.80 Å². The first kappa shape index (κ1) is 32.4. The minimum Gasteiger partial charge on any atom is -0.479 e. The molecule has 4 heterocycles. The van der Waals surface area contributed by atoms with Crippen molar-refractivity contribution in [1.29, 1.82) is 0 Å². The summed E-state index contributed by atoms with van der Waals surface area (Å²) in [4.78, 5) is 71.1. The highest BCUT2D eigenvalue weighted by Gasteiger charge is 2.41. The van der Waals surface area contributed by atoms with Gasteiger partial charge in [-0.1, -0.05) is 24.3 Å². The van der Waals surface area contributed by atoms with Gasteiger partial charge in [0.15, 0.2) is 12.2 Å². The predicted molar refractivity (Wildman–Crippen MR) is 153 cm³/mol. The Labute approximate surface area is 252 Å². The first-order valence-electron chi connectivity index (χ1n) is 14.2. The molecule has 4 aliphatic heterocycles. The van der Waals surface area contributed by atoms with Gasteiger partial charge in [-0.3, -0.25) is 29.0 Å². The lowest BCUT2D eigenvalue weighted by atomic mass is 10.1. The van der Waals surface area contributed by atoms with Crippen molar-refractivity contribution in [2.75, 3.05) is 26.2 Å². The number of carboxylic acid groups (broad SMARTS) is 2. The number of carbonyl (C=O) groups is 6. The van der Waals surface area contributed by atoms with E-state index >= 15 is 0 Å². The van der Waals surface area contributed by atoms with Crippen LogP contribution in [-0.2, 0) is 9.59 Å². The van der Waals surface area contributed by atoms with E-state index in [0.29, 0.717) is 35.3 Å². The van der Waals surface area contributed by atoms with Crippen LogP contribution < -0.4 is 10.6 Å². The van der Waals surface area contributed by atoms with Gasteiger partial charge in [0.25, 0.3) is 23.6 Å². The monoisotopic (exact) mass is 610 g/mol. The number of hydrogen-bond acceptors (Lipinski definition) is 10. The Morgan fingerprint density at radius 2 is 0.909 bits per heavy atom. The molecule has 0 saturated carbocycles. The summed E-state index contributed by atoms with van der Waals surface area (Å²) >= 11 is 0. The van der Waals surface area contributed by atoms with Crippen molar-refractivity contribution in [2.45, 2.75) is 50.0 Å². The normalized spacial score (nSPS) is 22.1. The van der Waals surface area contributed by atoms with E-state index in [1.807, 2.05) is 0 Å². The average Bonchev–Trinajstić information content (AvgIpc) is 3.46. The second-order valence-corrected chi connectivity index (χ2v) is 10.6. The van der Waals surface area contributed by atoms with Gasteiger partial charge < -0.3 is 31.1 Å². The highest BCUT2D eigenvalue weighted by atomic mass is 16.4. The largest absolute Gasteiger partial charge is 0.479 e. The number of aliphatic hydroxyl groups excluding tert-OH is 2. The third kappa shape index (κ3) is 6.83. The molecule has 0 spiro atoms. The average molecular weight is 611 g/mol. The topological polar surface area (TPSA) is 214 Å². The Kier molecular flexibility index (Phi) is 10.5. The van der Waals surface area contributed by atoms with E-state index in [1.54, 1.807) is 48.5 Å². The van der Waals surface area contributed by atoms with Gasteiger partial charge >= 0.3 is 11.9 Å². The molecule has 4 aliphatic rings. The van der Waals surface area contributed by atoms with Gasteiger partial charge in [0.1, 0.15) is 0 Å². The van der Waals surface area contributed by atoms with Gasteiger partial charge in [0.2, 0.25) is 0 Å². The summed E-state index contributed by atoms with van der Waals surface area (Å²) in [5.74, 6) is -4.10.